The van der Waals surface area contributed by atoms with Crippen LogP contribution < -0.4 is 15.4 Å². The quantitative estimate of drug-likeness (QED) is 0.527. The molecule has 33 heavy (non-hydrogen) atoms. The molecule has 0 unspecified atom stereocenters. The second-order valence-corrected chi connectivity index (χ2v) is 8.67. The number of nitrogens with one attached hydrogen (secondary N) is 2. The van der Waals surface area contributed by atoms with Crippen LogP contribution in [0.3, 0.4) is 0 Å². The molecule has 4 rings (SSSR count). The number of hydrogen-bond donors (Lipinski definition) is 2. The van der Waals surface area contributed by atoms with Gasteiger partial charge in [-0.05, 0) is 43.3 Å². The van der Waals surface area contributed by atoms with E-state index in [4.69, 9.17) is 9.47 Å². The summed E-state index contributed by atoms with van der Waals surface area (Å²) < 4.78 is 11.1. The van der Waals surface area contributed by atoms with E-state index in [-0.39, 0.29) is 11.8 Å². The van der Waals surface area contributed by atoms with Gasteiger partial charge < -0.3 is 20.1 Å². The fourth-order valence-electron chi connectivity index (χ4n) is 3.40. The SMILES string of the molecule is Cc1nc(COc2ccccc2C(=O)Nc2ccc(NC(=O)CN3CCOCC3)cc2)cs1. The Kier molecular flexibility index (Phi) is 7.66. The highest BCUT2D eigenvalue weighted by Crippen LogP contribution is 2.22. The number of nitrogens with zero attached hydrogens (tertiary/aromatic N) is 2. The van der Waals surface area contributed by atoms with Crippen LogP contribution in [0.1, 0.15) is 21.1 Å². The third kappa shape index (κ3) is 6.61. The Hall–Kier alpha value is -3.27. The molecule has 172 valence electrons. The summed E-state index contributed by atoms with van der Waals surface area (Å²) in [4.78, 5) is 31.5. The van der Waals surface area contributed by atoms with E-state index in [9.17, 15) is 9.59 Å². The highest BCUT2D eigenvalue weighted by molar-refractivity contribution is 7.09. The Labute approximate surface area is 196 Å². The lowest BCUT2D eigenvalue weighted by atomic mass is 10.1. The van der Waals surface area contributed by atoms with E-state index in [0.29, 0.717) is 49.1 Å². The van der Waals surface area contributed by atoms with Crippen molar-refractivity contribution in [3.63, 3.8) is 0 Å². The number of aryl methyl sites for hydroxylation is 1. The van der Waals surface area contributed by atoms with E-state index in [1.54, 1.807) is 53.8 Å². The van der Waals surface area contributed by atoms with Gasteiger partial charge >= 0.3 is 0 Å². The minimum absolute atomic E-state index is 0.0740. The van der Waals surface area contributed by atoms with E-state index in [0.717, 1.165) is 23.8 Å². The number of carbonyl (C=O) groups is 2. The Balaban J connectivity index is 1.32. The molecule has 0 spiro atoms. The summed E-state index contributed by atoms with van der Waals surface area (Å²) in [7, 11) is 0. The Morgan fingerprint density at radius 3 is 2.45 bits per heavy atom. The van der Waals surface area contributed by atoms with Crippen LogP contribution in [0.5, 0.6) is 5.75 Å². The molecular formula is C24H26N4O4S. The van der Waals surface area contributed by atoms with Gasteiger partial charge in [0.1, 0.15) is 12.4 Å². The lowest BCUT2D eigenvalue weighted by molar-refractivity contribution is -0.118. The highest BCUT2D eigenvalue weighted by Gasteiger charge is 2.15. The molecule has 8 nitrogen and oxygen atoms in total. The van der Waals surface area contributed by atoms with Gasteiger partial charge in [-0.15, -0.1) is 11.3 Å². The van der Waals surface area contributed by atoms with E-state index < -0.39 is 0 Å². The molecule has 0 saturated carbocycles. The highest BCUT2D eigenvalue weighted by atomic mass is 32.1. The average molecular weight is 467 g/mol. The Morgan fingerprint density at radius 1 is 1.06 bits per heavy atom. The second-order valence-electron chi connectivity index (χ2n) is 7.61. The molecule has 1 saturated heterocycles. The van der Waals surface area contributed by atoms with Gasteiger partial charge in [0, 0.05) is 29.8 Å². The minimum Gasteiger partial charge on any atom is -0.486 e. The lowest BCUT2D eigenvalue weighted by Crippen LogP contribution is -2.41. The number of morpholine rings is 1. The van der Waals surface area contributed by atoms with Gasteiger partial charge in [-0.3, -0.25) is 14.5 Å². The largest absolute Gasteiger partial charge is 0.486 e. The van der Waals surface area contributed by atoms with Crippen LogP contribution in [-0.4, -0.2) is 54.5 Å². The van der Waals surface area contributed by atoms with Crippen molar-refractivity contribution in [3.05, 3.63) is 70.2 Å². The van der Waals surface area contributed by atoms with Crippen molar-refractivity contribution in [1.29, 1.82) is 0 Å². The maximum absolute atomic E-state index is 12.8. The summed E-state index contributed by atoms with van der Waals surface area (Å²) in [6, 6.07) is 14.1. The van der Waals surface area contributed by atoms with Crippen molar-refractivity contribution in [2.45, 2.75) is 13.5 Å². The third-order valence-corrected chi connectivity index (χ3v) is 5.89. The van der Waals surface area contributed by atoms with Crippen LogP contribution in [0.2, 0.25) is 0 Å². The number of aromatic nitrogens is 1. The molecule has 2 heterocycles. The molecule has 2 N–H and O–H groups in total. The van der Waals surface area contributed by atoms with Gasteiger partial charge in [0.2, 0.25) is 5.91 Å². The van der Waals surface area contributed by atoms with Gasteiger partial charge in [0.05, 0.1) is 36.0 Å². The van der Waals surface area contributed by atoms with Crippen molar-refractivity contribution >= 4 is 34.5 Å². The second kappa shape index (κ2) is 11.0. The summed E-state index contributed by atoms with van der Waals surface area (Å²) in [6.07, 6.45) is 0. The van der Waals surface area contributed by atoms with Crippen molar-refractivity contribution in [2.75, 3.05) is 43.5 Å². The summed E-state index contributed by atoms with van der Waals surface area (Å²) in [5, 5.41) is 8.68. The van der Waals surface area contributed by atoms with Gasteiger partial charge in [-0.1, -0.05) is 12.1 Å². The van der Waals surface area contributed by atoms with Gasteiger partial charge in [0.25, 0.3) is 5.91 Å². The number of ether oxygens (including phenoxy) is 2. The number of thiazole rings is 1. The molecule has 3 aromatic rings. The standard InChI is InChI=1S/C24H26N4O4S/c1-17-25-20(16-33-17)15-32-22-5-3-2-4-21(22)24(30)27-19-8-6-18(7-9-19)26-23(29)14-28-10-12-31-13-11-28/h2-9,16H,10-15H2,1H3,(H,26,29)(H,27,30). The van der Waals surface area contributed by atoms with E-state index in [1.165, 1.54) is 0 Å². The van der Waals surface area contributed by atoms with Gasteiger partial charge in [0.15, 0.2) is 0 Å². The number of hydrogen-bond acceptors (Lipinski definition) is 7. The molecule has 0 radical (unpaired) electrons. The zero-order valence-corrected chi connectivity index (χ0v) is 19.2. The van der Waals surface area contributed by atoms with Crippen molar-refractivity contribution in [3.8, 4) is 5.75 Å². The summed E-state index contributed by atoms with van der Waals surface area (Å²) in [5.41, 5.74) is 2.57. The molecule has 9 heteroatoms. The van der Waals surface area contributed by atoms with Crippen LogP contribution in [0.15, 0.2) is 53.9 Å². The molecule has 0 aliphatic carbocycles. The summed E-state index contributed by atoms with van der Waals surface area (Å²) >= 11 is 1.56. The fraction of sp³-hybridized carbons (Fsp3) is 0.292. The predicted molar refractivity (Wildman–Crippen MR) is 128 cm³/mol. The first kappa shape index (κ1) is 22.9. The maximum atomic E-state index is 12.8. The number of anilines is 2. The predicted octanol–water partition coefficient (Wildman–Crippen LogP) is 3.55. The molecule has 2 amide bonds. The number of benzene rings is 2. The van der Waals surface area contributed by atoms with Crippen LogP contribution >= 0.6 is 11.3 Å². The van der Waals surface area contributed by atoms with Crippen LogP contribution in [-0.2, 0) is 16.1 Å². The molecule has 2 aromatic carbocycles. The smallest absolute Gasteiger partial charge is 0.259 e. The fourth-order valence-corrected chi connectivity index (χ4v) is 4.00. The molecule has 1 aliphatic rings. The summed E-state index contributed by atoms with van der Waals surface area (Å²) in [5.74, 6) is 0.145. The zero-order chi connectivity index (χ0) is 23.0. The Morgan fingerprint density at radius 2 is 1.76 bits per heavy atom. The number of amides is 2. The van der Waals surface area contributed by atoms with Crippen LogP contribution in [0, 0.1) is 6.92 Å². The van der Waals surface area contributed by atoms with Crippen molar-refractivity contribution in [2.24, 2.45) is 0 Å². The average Bonchev–Trinajstić information content (AvgIpc) is 3.25. The van der Waals surface area contributed by atoms with Crippen molar-refractivity contribution in [1.82, 2.24) is 9.88 Å². The molecular weight excluding hydrogens is 440 g/mol. The third-order valence-electron chi connectivity index (χ3n) is 5.07. The first-order chi connectivity index (χ1) is 16.1. The first-order valence-electron chi connectivity index (χ1n) is 10.7. The number of carbonyl (C=O) groups excluding carboxylic acids is 2. The molecule has 1 aliphatic heterocycles. The Bertz CT molecular complexity index is 1090. The monoisotopic (exact) mass is 466 g/mol. The van der Waals surface area contributed by atoms with Gasteiger partial charge in [-0.25, -0.2) is 4.98 Å². The van der Waals surface area contributed by atoms with Gasteiger partial charge in [-0.2, -0.15) is 0 Å². The molecule has 1 aromatic heterocycles. The lowest BCUT2D eigenvalue weighted by Gasteiger charge is -2.25. The minimum atomic E-state index is -0.274. The van der Waals surface area contributed by atoms with Crippen molar-refractivity contribution < 1.29 is 19.1 Å². The molecule has 1 fully saturated rings. The number of para-hydroxylation sites is 1. The molecule has 0 atom stereocenters. The van der Waals surface area contributed by atoms with E-state index >= 15 is 0 Å². The van der Waals surface area contributed by atoms with E-state index in [1.807, 2.05) is 18.4 Å². The topological polar surface area (TPSA) is 92.8 Å². The van der Waals surface area contributed by atoms with Crippen LogP contribution in [0.25, 0.3) is 0 Å². The normalized spacial score (nSPS) is 14.0. The van der Waals surface area contributed by atoms with E-state index in [2.05, 4.69) is 20.5 Å². The van der Waals surface area contributed by atoms with Crippen LogP contribution in [0.4, 0.5) is 11.4 Å². The number of rotatable bonds is 8. The molecule has 0 bridgehead atoms. The summed E-state index contributed by atoms with van der Waals surface area (Å²) in [6.45, 7) is 5.39. The maximum Gasteiger partial charge on any atom is 0.259 e. The zero-order valence-electron chi connectivity index (χ0n) is 18.4. The first-order valence-corrected chi connectivity index (χ1v) is 11.6.